The summed E-state index contributed by atoms with van der Waals surface area (Å²) in [4.78, 5) is 0.983. The highest BCUT2D eigenvalue weighted by molar-refractivity contribution is 7.99. The molecule has 1 heterocycles. The summed E-state index contributed by atoms with van der Waals surface area (Å²) in [6.07, 6.45) is 0. The van der Waals surface area contributed by atoms with Crippen LogP contribution in [0.2, 0.25) is 5.02 Å². The summed E-state index contributed by atoms with van der Waals surface area (Å²) in [6.45, 7) is 0. The summed E-state index contributed by atoms with van der Waals surface area (Å²) in [6, 6.07) is 13.6. The fourth-order valence-corrected chi connectivity index (χ4v) is 3.24. The van der Waals surface area contributed by atoms with E-state index in [1.807, 2.05) is 24.3 Å². The molecule has 0 saturated carbocycles. The van der Waals surface area contributed by atoms with Crippen molar-refractivity contribution in [2.45, 2.75) is 10.9 Å². The lowest BCUT2D eigenvalue weighted by Crippen LogP contribution is -2.11. The standard InChI is InChI=1S/C16H13ClFNOS/c17-12-3-1-2-4-16(12)21-9-13(19)15-8-10-7-11(18)5-6-14(10)20-15/h1-8,13H,9,19H2. The lowest BCUT2D eigenvalue weighted by molar-refractivity contribution is 0.515. The molecule has 108 valence electrons. The molecule has 1 aromatic heterocycles. The zero-order chi connectivity index (χ0) is 14.8. The molecule has 0 fully saturated rings. The quantitative estimate of drug-likeness (QED) is 0.686. The maximum absolute atomic E-state index is 13.2. The third kappa shape index (κ3) is 3.23. The molecule has 0 amide bonds. The molecule has 1 unspecified atom stereocenters. The Balaban J connectivity index is 1.75. The first-order valence-electron chi connectivity index (χ1n) is 6.45. The molecule has 3 rings (SSSR count). The summed E-state index contributed by atoms with van der Waals surface area (Å²) >= 11 is 7.68. The summed E-state index contributed by atoms with van der Waals surface area (Å²) in [5.74, 6) is 0.996. The molecular weight excluding hydrogens is 309 g/mol. The first-order valence-corrected chi connectivity index (χ1v) is 7.82. The van der Waals surface area contributed by atoms with Crippen molar-refractivity contribution in [2.24, 2.45) is 5.73 Å². The van der Waals surface area contributed by atoms with Crippen LogP contribution in [0.1, 0.15) is 11.8 Å². The molecule has 5 heteroatoms. The SMILES string of the molecule is NC(CSc1ccccc1Cl)c1cc2cc(F)ccc2o1. The number of hydrogen-bond acceptors (Lipinski definition) is 3. The molecule has 0 aliphatic heterocycles. The highest BCUT2D eigenvalue weighted by atomic mass is 35.5. The van der Waals surface area contributed by atoms with Crippen LogP contribution >= 0.6 is 23.4 Å². The highest BCUT2D eigenvalue weighted by Gasteiger charge is 2.13. The fourth-order valence-electron chi connectivity index (χ4n) is 2.04. The predicted octanol–water partition coefficient (Wildman–Crippen LogP) is 5.02. The van der Waals surface area contributed by atoms with Gasteiger partial charge in [-0.1, -0.05) is 23.7 Å². The van der Waals surface area contributed by atoms with E-state index in [4.69, 9.17) is 21.8 Å². The average Bonchev–Trinajstić information content (AvgIpc) is 2.89. The van der Waals surface area contributed by atoms with Gasteiger partial charge in [-0.3, -0.25) is 0 Å². The minimum absolute atomic E-state index is 0.276. The Hall–Kier alpha value is -1.49. The van der Waals surface area contributed by atoms with Gasteiger partial charge in [-0.15, -0.1) is 11.8 Å². The number of furan rings is 1. The third-order valence-electron chi connectivity index (χ3n) is 3.12. The zero-order valence-electron chi connectivity index (χ0n) is 11.1. The van der Waals surface area contributed by atoms with E-state index in [1.54, 1.807) is 23.9 Å². The van der Waals surface area contributed by atoms with Gasteiger partial charge in [0.2, 0.25) is 0 Å². The number of thioether (sulfide) groups is 1. The summed E-state index contributed by atoms with van der Waals surface area (Å²) < 4.78 is 18.8. The molecule has 0 saturated heterocycles. The van der Waals surface area contributed by atoms with Gasteiger partial charge in [0, 0.05) is 16.0 Å². The smallest absolute Gasteiger partial charge is 0.134 e. The number of hydrogen-bond donors (Lipinski definition) is 1. The predicted molar refractivity (Wildman–Crippen MR) is 85.3 cm³/mol. The van der Waals surface area contributed by atoms with E-state index in [9.17, 15) is 4.39 Å². The minimum atomic E-state index is -0.283. The highest BCUT2D eigenvalue weighted by Crippen LogP contribution is 2.31. The second-order valence-corrected chi connectivity index (χ2v) is 6.15. The Labute approximate surface area is 131 Å². The van der Waals surface area contributed by atoms with Gasteiger partial charge in [-0.25, -0.2) is 4.39 Å². The molecule has 3 aromatic rings. The van der Waals surface area contributed by atoms with E-state index < -0.39 is 0 Å². The van der Waals surface area contributed by atoms with Gasteiger partial charge >= 0.3 is 0 Å². The maximum atomic E-state index is 13.2. The topological polar surface area (TPSA) is 39.2 Å². The first-order chi connectivity index (χ1) is 10.1. The lowest BCUT2D eigenvalue weighted by atomic mass is 10.2. The van der Waals surface area contributed by atoms with Crippen LogP contribution in [0.4, 0.5) is 4.39 Å². The van der Waals surface area contributed by atoms with E-state index in [0.717, 1.165) is 10.3 Å². The van der Waals surface area contributed by atoms with Crippen molar-refractivity contribution >= 4 is 34.3 Å². The van der Waals surface area contributed by atoms with Gasteiger partial charge in [0.1, 0.15) is 17.2 Å². The Morgan fingerprint density at radius 3 is 2.81 bits per heavy atom. The number of fused-ring (bicyclic) bond motifs is 1. The third-order valence-corrected chi connectivity index (χ3v) is 4.75. The Bertz CT molecular complexity index is 774. The van der Waals surface area contributed by atoms with Crippen LogP contribution in [-0.4, -0.2) is 5.75 Å². The van der Waals surface area contributed by atoms with Crippen molar-refractivity contribution < 1.29 is 8.81 Å². The summed E-state index contributed by atoms with van der Waals surface area (Å²) in [7, 11) is 0. The van der Waals surface area contributed by atoms with E-state index in [-0.39, 0.29) is 11.9 Å². The molecule has 0 aliphatic rings. The molecule has 0 spiro atoms. The minimum Gasteiger partial charge on any atom is -0.459 e. The number of nitrogens with two attached hydrogens (primary N) is 1. The van der Waals surface area contributed by atoms with Crippen LogP contribution in [0.5, 0.6) is 0 Å². The normalized spacial score (nSPS) is 12.7. The van der Waals surface area contributed by atoms with Gasteiger partial charge in [0.15, 0.2) is 0 Å². The summed E-state index contributed by atoms with van der Waals surface area (Å²) in [5, 5.41) is 1.43. The van der Waals surface area contributed by atoms with Crippen molar-refractivity contribution in [3.63, 3.8) is 0 Å². The second kappa shape index (κ2) is 6.10. The molecule has 2 aromatic carbocycles. The molecule has 1 atom stereocenters. The Morgan fingerprint density at radius 1 is 1.19 bits per heavy atom. The fraction of sp³-hybridized carbons (Fsp3) is 0.125. The second-order valence-electron chi connectivity index (χ2n) is 4.68. The van der Waals surface area contributed by atoms with Crippen molar-refractivity contribution in [1.82, 2.24) is 0 Å². The Morgan fingerprint density at radius 2 is 2.00 bits per heavy atom. The van der Waals surface area contributed by atoms with Crippen LogP contribution in [0, 0.1) is 5.82 Å². The van der Waals surface area contributed by atoms with Crippen molar-refractivity contribution in [3.8, 4) is 0 Å². The maximum Gasteiger partial charge on any atom is 0.134 e. The van der Waals surface area contributed by atoms with E-state index in [0.29, 0.717) is 22.1 Å². The van der Waals surface area contributed by atoms with Crippen LogP contribution in [0.15, 0.2) is 57.8 Å². The van der Waals surface area contributed by atoms with Crippen LogP contribution in [-0.2, 0) is 0 Å². The molecule has 2 nitrogen and oxygen atoms in total. The van der Waals surface area contributed by atoms with Gasteiger partial charge in [-0.2, -0.15) is 0 Å². The van der Waals surface area contributed by atoms with Crippen LogP contribution < -0.4 is 5.73 Å². The number of halogens is 2. The molecule has 0 bridgehead atoms. The Kier molecular flexibility index (Phi) is 4.19. The first kappa shape index (κ1) is 14.4. The van der Waals surface area contributed by atoms with Gasteiger partial charge in [-0.05, 0) is 36.4 Å². The largest absolute Gasteiger partial charge is 0.459 e. The van der Waals surface area contributed by atoms with Crippen molar-refractivity contribution in [2.75, 3.05) is 5.75 Å². The van der Waals surface area contributed by atoms with Crippen molar-refractivity contribution in [3.05, 3.63) is 65.1 Å². The van der Waals surface area contributed by atoms with E-state index in [2.05, 4.69) is 0 Å². The molecule has 0 aliphatic carbocycles. The zero-order valence-corrected chi connectivity index (χ0v) is 12.6. The monoisotopic (exact) mass is 321 g/mol. The molecule has 2 N–H and O–H groups in total. The van der Waals surface area contributed by atoms with E-state index in [1.165, 1.54) is 12.1 Å². The van der Waals surface area contributed by atoms with Crippen LogP contribution in [0.25, 0.3) is 11.0 Å². The molecular formula is C16H13ClFNOS. The summed E-state index contributed by atoms with van der Waals surface area (Å²) in [5.41, 5.74) is 6.79. The van der Waals surface area contributed by atoms with Gasteiger partial charge in [0.25, 0.3) is 0 Å². The molecule has 21 heavy (non-hydrogen) atoms. The van der Waals surface area contributed by atoms with Crippen molar-refractivity contribution in [1.29, 1.82) is 0 Å². The molecule has 0 radical (unpaired) electrons. The van der Waals surface area contributed by atoms with E-state index >= 15 is 0 Å². The van der Waals surface area contributed by atoms with Crippen LogP contribution in [0.3, 0.4) is 0 Å². The lowest BCUT2D eigenvalue weighted by Gasteiger charge is -2.09. The van der Waals surface area contributed by atoms with Gasteiger partial charge < -0.3 is 10.2 Å². The average molecular weight is 322 g/mol. The van der Waals surface area contributed by atoms with Gasteiger partial charge in [0.05, 0.1) is 11.1 Å². The number of benzene rings is 2. The number of rotatable bonds is 4.